The minimum atomic E-state index is -1.23. The normalized spacial score (nSPS) is 15.5. The van der Waals surface area contributed by atoms with Crippen molar-refractivity contribution in [1.29, 1.82) is 0 Å². The van der Waals surface area contributed by atoms with E-state index in [-0.39, 0.29) is 30.3 Å². The van der Waals surface area contributed by atoms with Gasteiger partial charge in [-0.3, -0.25) is 9.59 Å². The fraction of sp³-hybridized carbons (Fsp3) is 0.436. The van der Waals surface area contributed by atoms with E-state index in [0.717, 1.165) is 102 Å². The summed E-state index contributed by atoms with van der Waals surface area (Å²) in [7, 11) is 1.30. The Morgan fingerprint density at radius 3 is 2.57 bits per heavy atom. The van der Waals surface area contributed by atoms with Crippen LogP contribution in [0.4, 0.5) is 9.59 Å². The van der Waals surface area contributed by atoms with E-state index in [2.05, 4.69) is 49.6 Å². The Morgan fingerprint density at radius 1 is 1.00 bits per heavy atom. The Balaban J connectivity index is 1.11. The van der Waals surface area contributed by atoms with Gasteiger partial charge in [-0.1, -0.05) is 31.8 Å². The quantitative estimate of drug-likeness (QED) is 0.0956. The fourth-order valence-electron chi connectivity index (χ4n) is 7.02. The molecule has 4 aromatic rings. The number of nitrogens with one attached hydrogen (secondary N) is 5. The number of alkyl carbamates (subject to hydrolysis) is 1. The monoisotopic (exact) mass is 722 g/mol. The third kappa shape index (κ3) is 8.97. The molecule has 278 valence electrons. The van der Waals surface area contributed by atoms with Crippen molar-refractivity contribution in [3.63, 3.8) is 0 Å². The number of aromatic amines is 2. The van der Waals surface area contributed by atoms with Crippen LogP contribution in [0.3, 0.4) is 0 Å². The van der Waals surface area contributed by atoms with Crippen molar-refractivity contribution in [2.75, 3.05) is 26.7 Å². The maximum Gasteiger partial charge on any atom is 0.407 e. The van der Waals surface area contributed by atoms with E-state index < -0.39 is 18.2 Å². The number of fused-ring (bicyclic) bond motifs is 4. The number of carbonyl (C=O) groups is 4. The first-order valence-electron chi connectivity index (χ1n) is 18.2. The first-order valence-corrected chi connectivity index (χ1v) is 18.2. The molecule has 6 N–H and O–H groups in total. The first-order chi connectivity index (χ1) is 25.6. The van der Waals surface area contributed by atoms with Gasteiger partial charge in [0.2, 0.25) is 11.8 Å². The minimum Gasteiger partial charge on any atom is -0.465 e. The zero-order chi connectivity index (χ0) is 37.5. The summed E-state index contributed by atoms with van der Waals surface area (Å²) >= 11 is 0. The topological polar surface area (TPSA) is 194 Å². The van der Waals surface area contributed by atoms with Crippen LogP contribution in [0, 0.1) is 17.8 Å². The number of carbonyl (C=O) groups excluding carboxylic acids is 3. The van der Waals surface area contributed by atoms with Crippen molar-refractivity contribution in [2.45, 2.75) is 77.3 Å². The highest BCUT2D eigenvalue weighted by Gasteiger charge is 2.38. The molecule has 2 aromatic heterocycles. The summed E-state index contributed by atoms with van der Waals surface area (Å²) in [4.78, 5) is 66.4. The molecule has 6 rings (SSSR count). The van der Waals surface area contributed by atoms with E-state index in [1.54, 1.807) is 0 Å². The van der Waals surface area contributed by atoms with E-state index in [0.29, 0.717) is 13.1 Å². The van der Waals surface area contributed by atoms with Crippen molar-refractivity contribution in [2.24, 2.45) is 5.92 Å². The van der Waals surface area contributed by atoms with Gasteiger partial charge in [0.05, 0.1) is 36.4 Å². The van der Waals surface area contributed by atoms with Gasteiger partial charge in [-0.2, -0.15) is 0 Å². The molecule has 2 aliphatic rings. The maximum atomic E-state index is 13.7. The Labute approximate surface area is 307 Å². The van der Waals surface area contributed by atoms with Gasteiger partial charge in [0.25, 0.3) is 0 Å². The van der Waals surface area contributed by atoms with Crippen LogP contribution in [-0.4, -0.2) is 86.7 Å². The Kier molecular flexibility index (Phi) is 11.6. The average Bonchev–Trinajstić information content (AvgIpc) is 3.88. The molecular formula is C39H46N8O6. The van der Waals surface area contributed by atoms with E-state index in [1.165, 1.54) is 12.7 Å². The molecule has 2 aromatic carbocycles. The second-order valence-electron chi connectivity index (χ2n) is 13.9. The molecule has 14 nitrogen and oxygen atoms in total. The minimum absolute atomic E-state index is 0.101. The lowest BCUT2D eigenvalue weighted by Gasteiger charge is -2.30. The molecule has 1 fully saturated rings. The first kappa shape index (κ1) is 36.9. The standard InChI is InChI=1S/C39H46N8O6/c1-23(2)34(46-39(52)53-3)37(49)47-19-7-10-31(47)36-44-29-9-6-8-26-20-24(14-16-27(26)35(29)45-36)12-13-25-15-17-28-30(21-25)43-32(42-28)11-4-5-18-40-33(48)22-41-38(50)51/h14-17,20-21,23,31,34,41H,4-11,18-19,22H2,1-3H3,(H,40,48)(H,42,43)(H,44,45)(H,46,52)(H,50,51). The zero-order valence-electron chi connectivity index (χ0n) is 30.3. The van der Waals surface area contributed by atoms with Crippen LogP contribution in [0.5, 0.6) is 0 Å². The third-order valence-corrected chi connectivity index (χ3v) is 9.72. The van der Waals surface area contributed by atoms with Gasteiger partial charge >= 0.3 is 12.2 Å². The molecule has 0 bridgehead atoms. The van der Waals surface area contributed by atoms with Crippen LogP contribution < -0.4 is 16.0 Å². The van der Waals surface area contributed by atoms with Crippen molar-refractivity contribution in [3.05, 3.63) is 70.4 Å². The number of ether oxygens (including phenoxy) is 1. The molecule has 0 saturated carbocycles. The lowest BCUT2D eigenvalue weighted by atomic mass is 9.99. The van der Waals surface area contributed by atoms with Gasteiger partial charge in [0, 0.05) is 41.9 Å². The molecule has 1 aliphatic heterocycles. The lowest BCUT2D eigenvalue weighted by molar-refractivity contribution is -0.135. The molecule has 53 heavy (non-hydrogen) atoms. The molecule has 4 amide bonds. The number of aryl methyl sites for hydroxylation is 3. The van der Waals surface area contributed by atoms with Crippen LogP contribution in [-0.2, 0) is 33.6 Å². The molecule has 1 saturated heterocycles. The molecule has 1 aliphatic carbocycles. The van der Waals surface area contributed by atoms with Gasteiger partial charge < -0.3 is 40.7 Å². The predicted octanol–water partition coefficient (Wildman–Crippen LogP) is 4.59. The van der Waals surface area contributed by atoms with Crippen molar-refractivity contribution in [1.82, 2.24) is 40.8 Å². The van der Waals surface area contributed by atoms with E-state index in [1.807, 2.05) is 48.3 Å². The number of likely N-dealkylation sites (tertiary alicyclic amines) is 1. The average molecular weight is 723 g/mol. The zero-order valence-corrected chi connectivity index (χ0v) is 30.3. The molecular weight excluding hydrogens is 676 g/mol. The number of aromatic nitrogens is 4. The Hall–Kier alpha value is -5.84. The van der Waals surface area contributed by atoms with Gasteiger partial charge in [0.1, 0.15) is 17.7 Å². The molecule has 2 unspecified atom stereocenters. The van der Waals surface area contributed by atoms with Crippen LogP contribution in [0.15, 0.2) is 36.4 Å². The third-order valence-electron chi connectivity index (χ3n) is 9.72. The Morgan fingerprint density at radius 2 is 1.79 bits per heavy atom. The molecule has 14 heteroatoms. The van der Waals surface area contributed by atoms with Crippen molar-refractivity contribution >= 4 is 35.0 Å². The van der Waals surface area contributed by atoms with Crippen molar-refractivity contribution < 1.29 is 29.0 Å². The number of imidazole rings is 2. The summed E-state index contributed by atoms with van der Waals surface area (Å²) in [5.41, 5.74) is 7.85. The number of benzene rings is 2. The lowest BCUT2D eigenvalue weighted by Crippen LogP contribution is -2.51. The van der Waals surface area contributed by atoms with Crippen LogP contribution in [0.25, 0.3) is 22.3 Å². The Bertz CT molecular complexity index is 2060. The summed E-state index contributed by atoms with van der Waals surface area (Å²) in [5, 5.41) is 16.0. The highest BCUT2D eigenvalue weighted by molar-refractivity contribution is 5.86. The number of rotatable bonds is 11. The second-order valence-corrected chi connectivity index (χ2v) is 13.9. The van der Waals surface area contributed by atoms with Crippen LogP contribution >= 0.6 is 0 Å². The number of carboxylic acid groups (broad SMARTS) is 1. The summed E-state index contributed by atoms with van der Waals surface area (Å²) in [5.74, 6) is 7.71. The number of hydrogen-bond acceptors (Lipinski definition) is 7. The molecule has 2 atom stereocenters. The molecule has 0 radical (unpaired) electrons. The summed E-state index contributed by atoms with van der Waals surface area (Å²) in [6.07, 6.45) is 4.81. The van der Waals surface area contributed by atoms with Crippen LogP contribution in [0.1, 0.15) is 86.0 Å². The summed E-state index contributed by atoms with van der Waals surface area (Å²) in [6, 6.07) is 11.3. The number of H-pyrrole nitrogens is 2. The smallest absolute Gasteiger partial charge is 0.407 e. The van der Waals surface area contributed by atoms with E-state index in [4.69, 9.17) is 14.8 Å². The number of amides is 4. The van der Waals surface area contributed by atoms with Gasteiger partial charge in [-0.25, -0.2) is 19.6 Å². The van der Waals surface area contributed by atoms with E-state index >= 15 is 0 Å². The highest BCUT2D eigenvalue weighted by Crippen LogP contribution is 2.37. The molecule has 3 heterocycles. The second kappa shape index (κ2) is 16.7. The number of methoxy groups -OCH3 is 1. The SMILES string of the molecule is COC(=O)NC(C(=O)N1CCCC1c1nc2c([nH]1)CCCc1cc(C#Cc3ccc4nc(CCCCNC(=O)CNC(=O)O)[nH]c4c3)ccc1-2)C(C)C. The van der Waals surface area contributed by atoms with Gasteiger partial charge in [0.15, 0.2) is 0 Å². The van der Waals surface area contributed by atoms with Crippen LogP contribution in [0.2, 0.25) is 0 Å². The van der Waals surface area contributed by atoms with E-state index in [9.17, 15) is 19.2 Å². The largest absolute Gasteiger partial charge is 0.465 e. The van der Waals surface area contributed by atoms with Gasteiger partial charge in [-0.15, -0.1) is 0 Å². The fourth-order valence-corrected chi connectivity index (χ4v) is 7.02. The summed E-state index contributed by atoms with van der Waals surface area (Å²) in [6.45, 7) is 4.64. The molecule has 0 spiro atoms. The number of hydrogen-bond donors (Lipinski definition) is 6. The predicted molar refractivity (Wildman–Crippen MR) is 198 cm³/mol. The maximum absolute atomic E-state index is 13.7. The van der Waals surface area contributed by atoms with Crippen molar-refractivity contribution in [3.8, 4) is 23.1 Å². The summed E-state index contributed by atoms with van der Waals surface area (Å²) < 4.78 is 4.78. The number of nitrogens with zero attached hydrogens (tertiary/aromatic N) is 3. The van der Waals surface area contributed by atoms with Gasteiger partial charge in [-0.05, 0) is 86.8 Å². The highest BCUT2D eigenvalue weighted by atomic mass is 16.5. The number of unbranched alkanes of at least 4 members (excludes halogenated alkanes) is 1.